The number of nitrogens with one attached hydrogen (secondary N) is 2. The van der Waals surface area contributed by atoms with Gasteiger partial charge >= 0.3 is 0 Å². The number of aryl methyl sites for hydroxylation is 1. The van der Waals surface area contributed by atoms with Crippen molar-refractivity contribution in [1.82, 2.24) is 0 Å². The lowest BCUT2D eigenvalue weighted by Gasteiger charge is -2.07. The molecule has 0 saturated carbocycles. The largest absolute Gasteiger partial charge is 0.326 e. The molecule has 2 rings (SSSR count). The second-order valence-corrected chi connectivity index (χ2v) is 5.22. The Bertz CT molecular complexity index is 594. The summed E-state index contributed by atoms with van der Waals surface area (Å²) in [6.45, 7) is 1.45. The van der Waals surface area contributed by atoms with E-state index in [1.165, 1.54) is 12.5 Å². The zero-order valence-corrected chi connectivity index (χ0v) is 12.0. The van der Waals surface area contributed by atoms with Crippen LogP contribution in [0.4, 0.5) is 11.4 Å². The highest BCUT2D eigenvalue weighted by Gasteiger charge is 2.04. The molecule has 1 aromatic heterocycles. The first-order valence-corrected chi connectivity index (χ1v) is 7.26. The van der Waals surface area contributed by atoms with Crippen LogP contribution in [0.15, 0.2) is 41.1 Å². The van der Waals surface area contributed by atoms with E-state index in [0.29, 0.717) is 17.8 Å². The van der Waals surface area contributed by atoms with Crippen LogP contribution in [0.25, 0.3) is 0 Å². The van der Waals surface area contributed by atoms with Crippen LogP contribution in [0.5, 0.6) is 0 Å². The molecular formula is C15H16N2O2S. The van der Waals surface area contributed by atoms with Crippen LogP contribution >= 0.6 is 11.3 Å². The van der Waals surface area contributed by atoms with Crippen LogP contribution in [0.1, 0.15) is 18.9 Å². The molecule has 104 valence electrons. The lowest BCUT2D eigenvalue weighted by atomic mass is 10.2. The Balaban J connectivity index is 1.88. The molecule has 0 radical (unpaired) electrons. The number of carbonyl (C=O) groups excluding carboxylic acids is 2. The molecule has 0 unspecified atom stereocenters. The third-order valence-electron chi connectivity index (χ3n) is 2.69. The highest BCUT2D eigenvalue weighted by Crippen LogP contribution is 2.16. The van der Waals surface area contributed by atoms with Gasteiger partial charge in [-0.2, -0.15) is 11.3 Å². The van der Waals surface area contributed by atoms with Crippen LogP contribution in [0.2, 0.25) is 0 Å². The van der Waals surface area contributed by atoms with E-state index in [1.807, 2.05) is 16.8 Å². The third kappa shape index (κ3) is 4.51. The molecule has 5 heteroatoms. The van der Waals surface area contributed by atoms with Crippen LogP contribution in [-0.2, 0) is 16.0 Å². The fraction of sp³-hybridized carbons (Fsp3) is 0.200. The number of hydrogen-bond acceptors (Lipinski definition) is 3. The van der Waals surface area contributed by atoms with Gasteiger partial charge in [-0.05, 0) is 47.0 Å². The second kappa shape index (κ2) is 6.86. The summed E-state index contributed by atoms with van der Waals surface area (Å²) >= 11 is 1.63. The number of thiophene rings is 1. The van der Waals surface area contributed by atoms with Crippen LogP contribution in [0.3, 0.4) is 0 Å². The average molecular weight is 288 g/mol. The first kappa shape index (κ1) is 14.3. The van der Waals surface area contributed by atoms with Crippen molar-refractivity contribution in [3.05, 3.63) is 46.7 Å². The quantitative estimate of drug-likeness (QED) is 0.887. The Morgan fingerprint density at radius 3 is 2.55 bits per heavy atom. The van der Waals surface area contributed by atoms with E-state index in [-0.39, 0.29) is 11.8 Å². The second-order valence-electron chi connectivity index (χ2n) is 4.44. The molecule has 0 aliphatic rings. The van der Waals surface area contributed by atoms with E-state index in [0.717, 1.165) is 6.42 Å². The van der Waals surface area contributed by atoms with Crippen LogP contribution in [0, 0.1) is 0 Å². The van der Waals surface area contributed by atoms with Crippen molar-refractivity contribution in [1.29, 1.82) is 0 Å². The first-order valence-electron chi connectivity index (χ1n) is 6.32. The van der Waals surface area contributed by atoms with Crippen molar-refractivity contribution in [2.24, 2.45) is 0 Å². The summed E-state index contributed by atoms with van der Waals surface area (Å²) in [5, 5.41) is 9.57. The van der Waals surface area contributed by atoms with Crippen LogP contribution in [-0.4, -0.2) is 11.8 Å². The highest BCUT2D eigenvalue weighted by molar-refractivity contribution is 7.07. The van der Waals surface area contributed by atoms with E-state index >= 15 is 0 Å². The molecule has 0 fully saturated rings. The predicted octanol–water partition coefficient (Wildman–Crippen LogP) is 3.28. The monoisotopic (exact) mass is 288 g/mol. The Kier molecular flexibility index (Phi) is 4.90. The predicted molar refractivity (Wildman–Crippen MR) is 82.0 cm³/mol. The van der Waals surface area contributed by atoms with Gasteiger partial charge in [0, 0.05) is 24.7 Å². The molecule has 2 N–H and O–H groups in total. The van der Waals surface area contributed by atoms with Gasteiger partial charge in [-0.15, -0.1) is 0 Å². The Morgan fingerprint density at radius 2 is 1.90 bits per heavy atom. The maximum Gasteiger partial charge on any atom is 0.224 e. The van der Waals surface area contributed by atoms with Gasteiger partial charge in [-0.1, -0.05) is 6.07 Å². The van der Waals surface area contributed by atoms with Crippen molar-refractivity contribution >= 4 is 34.5 Å². The Morgan fingerprint density at radius 1 is 1.15 bits per heavy atom. The molecule has 0 bridgehead atoms. The van der Waals surface area contributed by atoms with Gasteiger partial charge < -0.3 is 10.6 Å². The molecule has 0 saturated heterocycles. The summed E-state index contributed by atoms with van der Waals surface area (Å²) in [5.41, 5.74) is 2.54. The van der Waals surface area contributed by atoms with Gasteiger partial charge in [0.2, 0.25) is 11.8 Å². The molecule has 2 aromatic rings. The molecule has 2 amide bonds. The molecule has 1 aromatic carbocycles. The molecule has 0 spiro atoms. The lowest BCUT2D eigenvalue weighted by Crippen LogP contribution is -2.12. The van der Waals surface area contributed by atoms with Gasteiger partial charge in [0.05, 0.1) is 0 Å². The van der Waals surface area contributed by atoms with Gasteiger partial charge in [0.25, 0.3) is 0 Å². The minimum absolute atomic E-state index is 0.0313. The fourth-order valence-corrected chi connectivity index (χ4v) is 2.50. The summed E-state index contributed by atoms with van der Waals surface area (Å²) in [4.78, 5) is 22.8. The third-order valence-corrected chi connectivity index (χ3v) is 3.42. The van der Waals surface area contributed by atoms with Crippen molar-refractivity contribution in [3.63, 3.8) is 0 Å². The highest BCUT2D eigenvalue weighted by atomic mass is 32.1. The number of amides is 2. The van der Waals surface area contributed by atoms with Crippen molar-refractivity contribution in [2.75, 3.05) is 10.6 Å². The van der Waals surface area contributed by atoms with Crippen LogP contribution < -0.4 is 10.6 Å². The number of carbonyl (C=O) groups is 2. The van der Waals surface area contributed by atoms with Crippen molar-refractivity contribution < 1.29 is 9.59 Å². The SMILES string of the molecule is CC(=O)Nc1cccc(NC(=O)CCc2ccsc2)c1. The molecular weight excluding hydrogens is 272 g/mol. The number of hydrogen-bond donors (Lipinski definition) is 2. The molecule has 1 heterocycles. The Labute approximate surface area is 121 Å². The summed E-state index contributed by atoms with van der Waals surface area (Å²) < 4.78 is 0. The van der Waals surface area contributed by atoms with Gasteiger partial charge in [-0.25, -0.2) is 0 Å². The van der Waals surface area contributed by atoms with Gasteiger partial charge in [0.15, 0.2) is 0 Å². The molecule has 0 aliphatic carbocycles. The molecule has 0 atom stereocenters. The molecule has 20 heavy (non-hydrogen) atoms. The van der Waals surface area contributed by atoms with E-state index in [2.05, 4.69) is 10.6 Å². The van der Waals surface area contributed by atoms with E-state index in [9.17, 15) is 9.59 Å². The standard InChI is InChI=1S/C15H16N2O2S/c1-11(18)16-13-3-2-4-14(9-13)17-15(19)6-5-12-7-8-20-10-12/h2-4,7-10H,5-6H2,1H3,(H,16,18)(H,17,19). The first-order chi connectivity index (χ1) is 9.63. The topological polar surface area (TPSA) is 58.2 Å². The van der Waals surface area contributed by atoms with E-state index in [1.54, 1.807) is 35.6 Å². The number of anilines is 2. The molecule has 0 aliphatic heterocycles. The summed E-state index contributed by atoms with van der Waals surface area (Å²) in [6.07, 6.45) is 1.18. The molecule has 4 nitrogen and oxygen atoms in total. The normalized spacial score (nSPS) is 10.1. The maximum absolute atomic E-state index is 11.8. The van der Waals surface area contributed by atoms with E-state index in [4.69, 9.17) is 0 Å². The van der Waals surface area contributed by atoms with Crippen molar-refractivity contribution in [2.45, 2.75) is 19.8 Å². The van der Waals surface area contributed by atoms with Gasteiger partial charge in [0.1, 0.15) is 0 Å². The van der Waals surface area contributed by atoms with E-state index < -0.39 is 0 Å². The summed E-state index contributed by atoms with van der Waals surface area (Å²) in [7, 11) is 0. The maximum atomic E-state index is 11.8. The fourth-order valence-electron chi connectivity index (χ4n) is 1.79. The Hall–Kier alpha value is -2.14. The summed E-state index contributed by atoms with van der Waals surface area (Å²) in [6, 6.07) is 9.13. The summed E-state index contributed by atoms with van der Waals surface area (Å²) in [5.74, 6) is -0.165. The average Bonchev–Trinajstić information content (AvgIpc) is 2.89. The minimum atomic E-state index is -0.133. The minimum Gasteiger partial charge on any atom is -0.326 e. The lowest BCUT2D eigenvalue weighted by molar-refractivity contribution is -0.116. The van der Waals surface area contributed by atoms with Crippen molar-refractivity contribution in [3.8, 4) is 0 Å². The zero-order chi connectivity index (χ0) is 14.4. The smallest absolute Gasteiger partial charge is 0.224 e. The zero-order valence-electron chi connectivity index (χ0n) is 11.2. The number of rotatable bonds is 5. The van der Waals surface area contributed by atoms with Gasteiger partial charge in [-0.3, -0.25) is 9.59 Å². The number of benzene rings is 1.